The number of carbonyl (C=O) groups is 1. The van der Waals surface area contributed by atoms with Gasteiger partial charge < -0.3 is 10.4 Å². The average Bonchev–Trinajstić information content (AvgIpc) is 3.00. The van der Waals surface area contributed by atoms with E-state index in [1.807, 2.05) is 31.5 Å². The lowest BCUT2D eigenvalue weighted by molar-refractivity contribution is 0.0701. The lowest BCUT2D eigenvalue weighted by Gasteiger charge is -2.16. The number of aromatic nitrogens is 4. The number of hydrogen-bond acceptors (Lipinski definition) is 6. The van der Waals surface area contributed by atoms with Crippen LogP contribution >= 0.6 is 11.3 Å². The largest absolute Gasteiger partial charge is 0.477 e. The molecule has 0 unspecified atom stereocenters. The zero-order valence-electron chi connectivity index (χ0n) is 14.0. The molecule has 0 fully saturated rings. The number of carboxylic acids is 1. The van der Waals surface area contributed by atoms with Crippen LogP contribution in [0.15, 0.2) is 12.4 Å². The molecule has 126 valence electrons. The second-order valence-electron chi connectivity index (χ2n) is 5.92. The molecular weight excluding hydrogens is 326 g/mol. The van der Waals surface area contributed by atoms with Crippen LogP contribution < -0.4 is 5.32 Å². The van der Waals surface area contributed by atoms with Crippen molar-refractivity contribution in [3.8, 4) is 0 Å². The molecule has 0 saturated heterocycles. The third-order valence-corrected chi connectivity index (χ3v) is 5.04. The van der Waals surface area contributed by atoms with Crippen molar-refractivity contribution in [2.45, 2.75) is 40.3 Å². The van der Waals surface area contributed by atoms with Gasteiger partial charge >= 0.3 is 5.97 Å². The Hall–Kier alpha value is -2.48. The molecule has 0 bridgehead atoms. The highest BCUT2D eigenvalue weighted by Crippen LogP contribution is 2.33. The summed E-state index contributed by atoms with van der Waals surface area (Å²) in [6, 6.07) is 2.12. The van der Waals surface area contributed by atoms with Gasteiger partial charge in [0.15, 0.2) is 0 Å². The fourth-order valence-corrected chi connectivity index (χ4v) is 3.77. The van der Waals surface area contributed by atoms with Gasteiger partial charge in [0.2, 0.25) is 0 Å². The maximum Gasteiger partial charge on any atom is 0.346 e. The Kier molecular flexibility index (Phi) is 4.23. The fourth-order valence-electron chi connectivity index (χ4n) is 2.78. The number of thiophene rings is 1. The van der Waals surface area contributed by atoms with E-state index >= 15 is 0 Å². The van der Waals surface area contributed by atoms with Crippen molar-refractivity contribution in [1.82, 2.24) is 19.7 Å². The maximum absolute atomic E-state index is 11.3. The lowest BCUT2D eigenvalue weighted by atomic mass is 10.2. The van der Waals surface area contributed by atoms with Gasteiger partial charge in [-0.05, 0) is 39.3 Å². The van der Waals surface area contributed by atoms with Gasteiger partial charge in [-0.2, -0.15) is 5.10 Å². The molecule has 0 amide bonds. The summed E-state index contributed by atoms with van der Waals surface area (Å²) in [5.41, 5.74) is 2.79. The third kappa shape index (κ3) is 2.96. The number of hydrogen-bond donors (Lipinski definition) is 2. The molecule has 0 saturated carbocycles. The van der Waals surface area contributed by atoms with Crippen molar-refractivity contribution < 1.29 is 9.90 Å². The van der Waals surface area contributed by atoms with Crippen LogP contribution in [0, 0.1) is 20.8 Å². The van der Waals surface area contributed by atoms with Gasteiger partial charge in [0.1, 0.15) is 21.9 Å². The van der Waals surface area contributed by atoms with E-state index < -0.39 is 5.97 Å². The molecule has 3 rings (SSSR count). The van der Waals surface area contributed by atoms with Crippen LogP contribution in [0.5, 0.6) is 0 Å². The van der Waals surface area contributed by atoms with Crippen LogP contribution in [0.1, 0.15) is 33.5 Å². The van der Waals surface area contributed by atoms with Gasteiger partial charge in [0.05, 0.1) is 17.6 Å². The summed E-state index contributed by atoms with van der Waals surface area (Å²) < 4.78 is 1.95. The third-order valence-electron chi connectivity index (χ3n) is 3.85. The van der Waals surface area contributed by atoms with Crippen molar-refractivity contribution in [2.24, 2.45) is 0 Å². The van der Waals surface area contributed by atoms with Crippen molar-refractivity contribution >= 4 is 33.3 Å². The quantitative estimate of drug-likeness (QED) is 0.738. The van der Waals surface area contributed by atoms with Crippen molar-refractivity contribution in [3.05, 3.63) is 34.2 Å². The normalized spacial score (nSPS) is 12.5. The minimum atomic E-state index is -0.933. The molecule has 0 aliphatic rings. The topological polar surface area (TPSA) is 92.9 Å². The average molecular weight is 345 g/mol. The lowest BCUT2D eigenvalue weighted by Crippen LogP contribution is -2.24. The van der Waals surface area contributed by atoms with Crippen molar-refractivity contribution in [1.29, 1.82) is 0 Å². The Balaban J connectivity index is 1.89. The number of aromatic carboxylic acids is 1. The molecule has 8 heteroatoms. The Morgan fingerprint density at radius 1 is 1.38 bits per heavy atom. The summed E-state index contributed by atoms with van der Waals surface area (Å²) in [6.45, 7) is 8.53. The minimum Gasteiger partial charge on any atom is -0.477 e. The highest BCUT2D eigenvalue weighted by Gasteiger charge is 2.19. The van der Waals surface area contributed by atoms with Gasteiger partial charge in [0, 0.05) is 11.7 Å². The summed E-state index contributed by atoms with van der Waals surface area (Å²) in [5, 5.41) is 17.9. The van der Waals surface area contributed by atoms with Gasteiger partial charge in [0.25, 0.3) is 0 Å². The molecule has 7 nitrogen and oxygen atoms in total. The molecule has 24 heavy (non-hydrogen) atoms. The molecule has 1 atom stereocenters. The molecular formula is C16H19N5O2S. The number of anilines is 1. The van der Waals surface area contributed by atoms with Crippen LogP contribution in [0.3, 0.4) is 0 Å². The molecule has 0 spiro atoms. The number of nitrogens with one attached hydrogen (secondary N) is 1. The summed E-state index contributed by atoms with van der Waals surface area (Å²) in [5.74, 6) is -0.271. The summed E-state index contributed by atoms with van der Waals surface area (Å²) in [4.78, 5) is 20.8. The smallest absolute Gasteiger partial charge is 0.346 e. The Labute approximate surface area is 143 Å². The Morgan fingerprint density at radius 3 is 2.75 bits per heavy atom. The zero-order chi connectivity index (χ0) is 17.4. The number of carboxylic acid groups (broad SMARTS) is 1. The van der Waals surface area contributed by atoms with E-state index in [4.69, 9.17) is 0 Å². The van der Waals surface area contributed by atoms with Crippen molar-refractivity contribution in [3.63, 3.8) is 0 Å². The highest BCUT2D eigenvalue weighted by atomic mass is 32.1. The van der Waals surface area contributed by atoms with E-state index in [0.717, 1.165) is 16.8 Å². The first-order chi connectivity index (χ1) is 11.4. The number of aryl methyl sites for hydroxylation is 3. The predicted molar refractivity (Wildman–Crippen MR) is 93.9 cm³/mol. The van der Waals surface area contributed by atoms with Crippen LogP contribution in [0.4, 0.5) is 5.82 Å². The van der Waals surface area contributed by atoms with Gasteiger partial charge in [-0.25, -0.2) is 14.8 Å². The molecule has 0 radical (unpaired) electrons. The number of nitrogens with zero attached hydrogens (tertiary/aromatic N) is 4. The van der Waals surface area contributed by atoms with Gasteiger partial charge in [-0.3, -0.25) is 4.68 Å². The van der Waals surface area contributed by atoms with Crippen molar-refractivity contribution in [2.75, 3.05) is 5.32 Å². The maximum atomic E-state index is 11.3. The number of rotatable bonds is 5. The molecule has 0 aromatic carbocycles. The zero-order valence-corrected chi connectivity index (χ0v) is 14.8. The van der Waals surface area contributed by atoms with Gasteiger partial charge in [-0.15, -0.1) is 11.3 Å². The molecule has 3 aromatic heterocycles. The first-order valence-electron chi connectivity index (χ1n) is 7.61. The molecule has 3 aromatic rings. The van der Waals surface area contributed by atoms with Crippen LogP contribution in [0.25, 0.3) is 10.2 Å². The Morgan fingerprint density at radius 2 is 2.12 bits per heavy atom. The standard InChI is InChI=1S/C16H19N5O2S/c1-8-5-10(3)21(20-8)6-9(2)19-14-12-11(4)13(16(22)23)24-15(12)18-7-17-14/h5,7,9H,6H2,1-4H3,(H,22,23)(H,17,18,19)/t9-/m0/s1. The SMILES string of the molecule is Cc1cc(C)n(C[C@H](C)Nc2ncnc3sc(C(=O)O)c(C)c23)n1. The first kappa shape index (κ1) is 16.4. The van der Waals surface area contributed by atoms with Crippen LogP contribution in [0.2, 0.25) is 0 Å². The Bertz CT molecular complexity index is 915. The second-order valence-corrected chi connectivity index (χ2v) is 6.92. The van der Waals surface area contributed by atoms with E-state index in [0.29, 0.717) is 27.6 Å². The van der Waals surface area contributed by atoms with Crippen LogP contribution in [-0.2, 0) is 6.54 Å². The van der Waals surface area contributed by atoms with E-state index in [1.165, 1.54) is 17.7 Å². The van der Waals surface area contributed by atoms with E-state index in [2.05, 4.69) is 20.4 Å². The van der Waals surface area contributed by atoms with E-state index in [9.17, 15) is 9.90 Å². The van der Waals surface area contributed by atoms with E-state index in [-0.39, 0.29) is 6.04 Å². The first-order valence-corrected chi connectivity index (χ1v) is 8.43. The molecule has 2 N–H and O–H groups in total. The highest BCUT2D eigenvalue weighted by molar-refractivity contribution is 7.20. The summed E-state index contributed by atoms with van der Waals surface area (Å²) in [6.07, 6.45) is 1.46. The summed E-state index contributed by atoms with van der Waals surface area (Å²) >= 11 is 1.17. The molecule has 0 aliphatic heterocycles. The predicted octanol–water partition coefficient (Wildman–Crippen LogP) is 3.01. The monoisotopic (exact) mass is 345 g/mol. The summed E-state index contributed by atoms with van der Waals surface area (Å²) in [7, 11) is 0. The minimum absolute atomic E-state index is 0.0775. The van der Waals surface area contributed by atoms with Gasteiger partial charge in [-0.1, -0.05) is 0 Å². The fraction of sp³-hybridized carbons (Fsp3) is 0.375. The molecule has 3 heterocycles. The van der Waals surface area contributed by atoms with E-state index in [1.54, 1.807) is 6.92 Å². The number of fused-ring (bicyclic) bond motifs is 1. The second kappa shape index (κ2) is 6.20. The van der Waals surface area contributed by atoms with Crippen LogP contribution in [-0.4, -0.2) is 36.9 Å². The molecule has 0 aliphatic carbocycles.